The Hall–Kier alpha value is -0.310. The molecule has 19 heavy (non-hydrogen) atoms. The third kappa shape index (κ3) is 2.00. The van der Waals surface area contributed by atoms with Gasteiger partial charge < -0.3 is 0 Å². The zero-order valence-corrected chi connectivity index (χ0v) is 13.5. The second-order valence-electron chi connectivity index (χ2n) is 8.49. The molecule has 2 unspecified atom stereocenters. The Kier molecular flexibility index (Phi) is 2.40. The van der Waals surface area contributed by atoms with Crippen molar-refractivity contribution in [1.82, 2.24) is 9.78 Å². The van der Waals surface area contributed by atoms with Crippen LogP contribution in [0.2, 0.25) is 0 Å². The lowest BCUT2D eigenvalue weighted by molar-refractivity contribution is -0.151. The Labute approximate surface area is 124 Å². The highest BCUT2D eigenvalue weighted by Crippen LogP contribution is 2.69. The molecule has 0 radical (unpaired) electrons. The minimum Gasteiger partial charge on any atom is -0.271 e. The maximum Gasteiger partial charge on any atom is 0.0632 e. The molecule has 4 aliphatic carbocycles. The number of aromatic nitrogens is 2. The van der Waals surface area contributed by atoms with Crippen molar-refractivity contribution in [3.63, 3.8) is 0 Å². The Bertz CT molecular complexity index is 503. The molecule has 0 aromatic carbocycles. The molecule has 1 heterocycles. The third-order valence-electron chi connectivity index (χ3n) is 5.84. The fraction of sp³-hybridized carbons (Fsp3) is 0.812. The van der Waals surface area contributed by atoms with Crippen LogP contribution >= 0.6 is 15.9 Å². The second kappa shape index (κ2) is 3.66. The fourth-order valence-corrected chi connectivity index (χ4v) is 6.96. The molecule has 4 aliphatic rings. The van der Waals surface area contributed by atoms with Gasteiger partial charge in [0.2, 0.25) is 0 Å². The largest absolute Gasteiger partial charge is 0.271 e. The highest BCUT2D eigenvalue weighted by molar-refractivity contribution is 9.10. The molecule has 4 fully saturated rings. The van der Waals surface area contributed by atoms with Crippen molar-refractivity contribution < 1.29 is 0 Å². The van der Waals surface area contributed by atoms with Crippen LogP contribution in [0.1, 0.15) is 52.4 Å². The first-order valence-corrected chi connectivity index (χ1v) is 8.35. The van der Waals surface area contributed by atoms with E-state index in [2.05, 4.69) is 45.8 Å². The summed E-state index contributed by atoms with van der Waals surface area (Å²) in [6, 6.07) is 0. The first-order chi connectivity index (χ1) is 8.88. The molecule has 1 aromatic heterocycles. The Morgan fingerprint density at radius 1 is 1.21 bits per heavy atom. The Balaban J connectivity index is 1.67. The van der Waals surface area contributed by atoms with E-state index in [1.807, 2.05) is 6.20 Å². The van der Waals surface area contributed by atoms with Crippen molar-refractivity contribution in [3.8, 4) is 0 Å². The third-order valence-corrected chi connectivity index (χ3v) is 6.25. The highest BCUT2D eigenvalue weighted by atomic mass is 79.9. The average Bonchev–Trinajstić information content (AvgIpc) is 2.56. The quantitative estimate of drug-likeness (QED) is 0.775. The second-order valence-corrected chi connectivity index (χ2v) is 9.40. The molecule has 0 N–H and O–H groups in total. The van der Waals surface area contributed by atoms with Crippen LogP contribution in [-0.4, -0.2) is 9.78 Å². The summed E-state index contributed by atoms with van der Waals surface area (Å²) in [5, 5.41) is 4.51. The lowest BCUT2D eigenvalue weighted by Crippen LogP contribution is -2.56. The fourth-order valence-electron chi connectivity index (χ4n) is 6.63. The van der Waals surface area contributed by atoms with Gasteiger partial charge in [-0.1, -0.05) is 13.8 Å². The van der Waals surface area contributed by atoms with Gasteiger partial charge in [-0.2, -0.15) is 5.10 Å². The van der Waals surface area contributed by atoms with Crippen molar-refractivity contribution in [2.45, 2.75) is 58.9 Å². The van der Waals surface area contributed by atoms with Crippen LogP contribution in [-0.2, 0) is 6.54 Å². The molecular weight excluding hydrogens is 300 g/mol. The SMILES string of the molecule is CC12CC3CC(C)(C1)CC(Cn1cc(Br)cn1)(C3)C2. The lowest BCUT2D eigenvalue weighted by Gasteiger charge is -2.65. The van der Waals surface area contributed by atoms with E-state index < -0.39 is 0 Å². The van der Waals surface area contributed by atoms with E-state index in [1.54, 1.807) is 0 Å². The molecule has 3 heteroatoms. The summed E-state index contributed by atoms with van der Waals surface area (Å²) in [6.45, 7) is 6.22. The normalized spacial score (nSPS) is 47.8. The molecule has 0 amide bonds. The summed E-state index contributed by atoms with van der Waals surface area (Å²) in [5.74, 6) is 0.977. The van der Waals surface area contributed by atoms with Crippen LogP contribution in [0.25, 0.3) is 0 Å². The predicted octanol–water partition coefficient (Wildman–Crippen LogP) is 4.64. The van der Waals surface area contributed by atoms with Gasteiger partial charge in [0.15, 0.2) is 0 Å². The number of halogens is 1. The first kappa shape index (κ1) is 12.4. The molecule has 4 bridgehead atoms. The van der Waals surface area contributed by atoms with Gasteiger partial charge in [0.1, 0.15) is 0 Å². The van der Waals surface area contributed by atoms with Gasteiger partial charge in [-0.25, -0.2) is 0 Å². The zero-order chi connectivity index (χ0) is 13.3. The summed E-state index contributed by atoms with van der Waals surface area (Å²) in [4.78, 5) is 0. The van der Waals surface area contributed by atoms with Gasteiger partial charge >= 0.3 is 0 Å². The summed E-state index contributed by atoms with van der Waals surface area (Å²) in [5.41, 5.74) is 1.74. The van der Waals surface area contributed by atoms with Gasteiger partial charge in [0, 0.05) is 12.7 Å². The zero-order valence-electron chi connectivity index (χ0n) is 12.0. The Morgan fingerprint density at radius 2 is 1.89 bits per heavy atom. The average molecular weight is 323 g/mol. The molecule has 1 aromatic rings. The van der Waals surface area contributed by atoms with Gasteiger partial charge in [0.05, 0.1) is 10.7 Å². The number of rotatable bonds is 2. The number of hydrogen-bond acceptors (Lipinski definition) is 1. The molecule has 5 rings (SSSR count). The van der Waals surface area contributed by atoms with Crippen molar-refractivity contribution in [1.29, 1.82) is 0 Å². The van der Waals surface area contributed by atoms with Gasteiger partial charge in [0.25, 0.3) is 0 Å². The van der Waals surface area contributed by atoms with Crippen LogP contribution in [0.5, 0.6) is 0 Å². The molecule has 0 saturated heterocycles. The predicted molar refractivity (Wildman–Crippen MR) is 79.8 cm³/mol. The molecular formula is C16H23BrN2. The van der Waals surface area contributed by atoms with Gasteiger partial charge in [-0.05, 0) is 76.6 Å². The molecule has 104 valence electrons. The van der Waals surface area contributed by atoms with Crippen molar-refractivity contribution in [3.05, 3.63) is 16.9 Å². The topological polar surface area (TPSA) is 17.8 Å². The first-order valence-electron chi connectivity index (χ1n) is 7.56. The van der Waals surface area contributed by atoms with Crippen LogP contribution in [0.15, 0.2) is 16.9 Å². The number of hydrogen-bond donors (Lipinski definition) is 0. The van der Waals surface area contributed by atoms with Crippen LogP contribution in [0.4, 0.5) is 0 Å². The van der Waals surface area contributed by atoms with Gasteiger partial charge in [-0.15, -0.1) is 0 Å². The summed E-state index contributed by atoms with van der Waals surface area (Å²) in [7, 11) is 0. The van der Waals surface area contributed by atoms with E-state index in [4.69, 9.17) is 0 Å². The molecule has 0 aliphatic heterocycles. The van der Waals surface area contributed by atoms with Crippen molar-refractivity contribution in [2.75, 3.05) is 0 Å². The van der Waals surface area contributed by atoms with Crippen LogP contribution in [0.3, 0.4) is 0 Å². The highest BCUT2D eigenvalue weighted by Gasteiger charge is 2.60. The summed E-state index contributed by atoms with van der Waals surface area (Å²) >= 11 is 3.52. The van der Waals surface area contributed by atoms with E-state index >= 15 is 0 Å². The maximum atomic E-state index is 4.51. The van der Waals surface area contributed by atoms with E-state index in [0.717, 1.165) is 16.9 Å². The molecule has 4 saturated carbocycles. The van der Waals surface area contributed by atoms with E-state index in [9.17, 15) is 0 Å². The van der Waals surface area contributed by atoms with E-state index in [-0.39, 0.29) is 0 Å². The molecule has 0 spiro atoms. The monoisotopic (exact) mass is 322 g/mol. The smallest absolute Gasteiger partial charge is 0.0632 e. The van der Waals surface area contributed by atoms with Crippen LogP contribution in [0, 0.1) is 22.2 Å². The summed E-state index contributed by atoms with van der Waals surface area (Å²) < 4.78 is 3.28. The van der Waals surface area contributed by atoms with E-state index in [0.29, 0.717) is 16.2 Å². The maximum absolute atomic E-state index is 4.51. The minimum absolute atomic E-state index is 0.522. The Morgan fingerprint density at radius 3 is 2.42 bits per heavy atom. The standard InChI is InChI=1S/C16H23BrN2/c1-14-3-12-4-15(2,8-14)10-16(5-12,9-14)11-19-7-13(17)6-18-19/h6-7,12H,3-5,8-11H2,1-2H3. The number of nitrogens with zero attached hydrogens (tertiary/aromatic N) is 2. The van der Waals surface area contributed by atoms with Crippen molar-refractivity contribution in [2.24, 2.45) is 22.2 Å². The summed E-state index contributed by atoms with van der Waals surface area (Å²) in [6.07, 6.45) is 12.8. The lowest BCUT2D eigenvalue weighted by atomic mass is 9.40. The van der Waals surface area contributed by atoms with Crippen molar-refractivity contribution >= 4 is 15.9 Å². The molecule has 2 atom stereocenters. The van der Waals surface area contributed by atoms with Gasteiger partial charge in [-0.3, -0.25) is 4.68 Å². The molecule has 2 nitrogen and oxygen atoms in total. The van der Waals surface area contributed by atoms with Crippen LogP contribution < -0.4 is 0 Å². The minimum atomic E-state index is 0.522. The van der Waals surface area contributed by atoms with E-state index in [1.165, 1.54) is 38.5 Å².